The van der Waals surface area contributed by atoms with Gasteiger partial charge in [0.2, 0.25) is 5.91 Å². The highest BCUT2D eigenvalue weighted by Gasteiger charge is 2.21. The predicted octanol–water partition coefficient (Wildman–Crippen LogP) is 1.44. The molecule has 1 aliphatic rings. The molecule has 0 spiro atoms. The Hall–Kier alpha value is -2.10. The maximum Gasteiger partial charge on any atom is 0.253 e. The van der Waals surface area contributed by atoms with Gasteiger partial charge in [0.15, 0.2) is 0 Å². The molecule has 0 fully saturated rings. The minimum Gasteiger partial charge on any atom is -0.341 e. The van der Waals surface area contributed by atoms with E-state index in [4.69, 9.17) is 0 Å². The largest absolute Gasteiger partial charge is 0.341 e. The van der Waals surface area contributed by atoms with E-state index in [9.17, 15) is 9.59 Å². The van der Waals surface area contributed by atoms with E-state index in [1.54, 1.807) is 24.1 Å². The monoisotopic (exact) mass is 230 g/mol. The molecule has 4 heteroatoms. The molecule has 0 saturated carbocycles. The first-order valence-electron chi connectivity index (χ1n) is 5.43. The Bertz CT molecular complexity index is 494. The molecule has 0 atom stereocenters. The van der Waals surface area contributed by atoms with Crippen molar-refractivity contribution in [1.29, 1.82) is 0 Å². The first kappa shape index (κ1) is 11.4. The molecule has 4 nitrogen and oxygen atoms in total. The highest BCUT2D eigenvalue weighted by molar-refractivity contribution is 6.01. The lowest BCUT2D eigenvalue weighted by Gasteiger charge is -2.25. The molecule has 1 N–H and O–H groups in total. The van der Waals surface area contributed by atoms with Crippen LogP contribution in [0.25, 0.3) is 0 Å². The summed E-state index contributed by atoms with van der Waals surface area (Å²) in [5, 5.41) is 2.65. The van der Waals surface area contributed by atoms with Gasteiger partial charge >= 0.3 is 0 Å². The highest BCUT2D eigenvalue weighted by Crippen LogP contribution is 2.21. The topological polar surface area (TPSA) is 49.4 Å². The van der Waals surface area contributed by atoms with Crippen LogP contribution < -0.4 is 5.32 Å². The van der Waals surface area contributed by atoms with Crippen molar-refractivity contribution in [2.75, 3.05) is 18.9 Å². The quantitative estimate of drug-likeness (QED) is 0.781. The average Bonchev–Trinajstić information content (AvgIpc) is 2.34. The van der Waals surface area contributed by atoms with Crippen LogP contribution in [0, 0.1) is 0 Å². The third-order valence-electron chi connectivity index (χ3n) is 2.86. The van der Waals surface area contributed by atoms with Gasteiger partial charge in [0.05, 0.1) is 0 Å². The smallest absolute Gasteiger partial charge is 0.253 e. The van der Waals surface area contributed by atoms with E-state index in [0.29, 0.717) is 11.3 Å². The average molecular weight is 230 g/mol. The van der Waals surface area contributed by atoms with Crippen molar-refractivity contribution in [3.8, 4) is 0 Å². The normalized spacial score (nSPS) is 14.2. The molecular formula is C13H14N2O2. The molecule has 88 valence electrons. The van der Waals surface area contributed by atoms with E-state index >= 15 is 0 Å². The lowest BCUT2D eigenvalue weighted by atomic mass is 9.99. The standard InChI is InChI=1S/C13H14N2O2/c1-3-12(16)14-10-5-4-9-6-7-15(2)13(17)11(9)8-10/h3-5,8H,1,6-7H2,2H3,(H,14,16). The van der Waals surface area contributed by atoms with E-state index in [2.05, 4.69) is 11.9 Å². The molecule has 0 saturated heterocycles. The van der Waals surface area contributed by atoms with Crippen LogP contribution in [0.1, 0.15) is 15.9 Å². The molecule has 0 radical (unpaired) electrons. The number of carbonyl (C=O) groups excluding carboxylic acids is 2. The number of benzene rings is 1. The van der Waals surface area contributed by atoms with Gasteiger partial charge in [0.1, 0.15) is 0 Å². The summed E-state index contributed by atoms with van der Waals surface area (Å²) in [7, 11) is 1.78. The molecule has 0 unspecified atom stereocenters. The number of fused-ring (bicyclic) bond motifs is 1. The Kier molecular flexibility index (Phi) is 2.95. The lowest BCUT2D eigenvalue weighted by molar-refractivity contribution is -0.111. The number of anilines is 1. The van der Waals surface area contributed by atoms with Gasteiger partial charge in [-0.3, -0.25) is 9.59 Å². The molecule has 2 rings (SSSR count). The van der Waals surface area contributed by atoms with Crippen LogP contribution >= 0.6 is 0 Å². The zero-order valence-corrected chi connectivity index (χ0v) is 9.69. The van der Waals surface area contributed by atoms with E-state index in [0.717, 1.165) is 18.5 Å². The fourth-order valence-corrected chi connectivity index (χ4v) is 1.86. The summed E-state index contributed by atoms with van der Waals surface area (Å²) in [5.41, 5.74) is 2.32. The Balaban J connectivity index is 2.32. The zero-order chi connectivity index (χ0) is 12.4. The van der Waals surface area contributed by atoms with Crippen LogP contribution in [0.4, 0.5) is 5.69 Å². The summed E-state index contributed by atoms with van der Waals surface area (Å²) in [6, 6.07) is 5.41. The number of rotatable bonds is 2. The number of nitrogens with one attached hydrogen (secondary N) is 1. The van der Waals surface area contributed by atoms with Gasteiger partial charge in [-0.05, 0) is 30.2 Å². The Morgan fingerprint density at radius 1 is 1.53 bits per heavy atom. The number of hydrogen-bond donors (Lipinski definition) is 1. The fourth-order valence-electron chi connectivity index (χ4n) is 1.86. The second kappa shape index (κ2) is 4.41. The molecule has 0 aromatic heterocycles. The van der Waals surface area contributed by atoms with Crippen LogP contribution in [-0.2, 0) is 11.2 Å². The fraction of sp³-hybridized carbons (Fsp3) is 0.231. The van der Waals surface area contributed by atoms with E-state index in [1.807, 2.05) is 6.07 Å². The molecular weight excluding hydrogens is 216 g/mol. The van der Waals surface area contributed by atoms with Crippen molar-refractivity contribution in [3.63, 3.8) is 0 Å². The molecule has 1 aromatic rings. The molecule has 2 amide bonds. The SMILES string of the molecule is C=CC(=O)Nc1ccc2c(c1)C(=O)N(C)CC2. The number of nitrogens with zero attached hydrogens (tertiary/aromatic N) is 1. The van der Waals surface area contributed by atoms with E-state index < -0.39 is 0 Å². The molecule has 0 aliphatic carbocycles. The minimum atomic E-state index is -0.276. The zero-order valence-electron chi connectivity index (χ0n) is 9.69. The minimum absolute atomic E-state index is 0.000882. The molecule has 0 bridgehead atoms. The summed E-state index contributed by atoms with van der Waals surface area (Å²) < 4.78 is 0. The number of likely N-dealkylation sites (N-methyl/N-ethyl adjacent to an activating group) is 1. The summed E-state index contributed by atoms with van der Waals surface area (Å²) in [6.07, 6.45) is 2.06. The number of amides is 2. The number of hydrogen-bond acceptors (Lipinski definition) is 2. The maximum atomic E-state index is 11.9. The van der Waals surface area contributed by atoms with Crippen LogP contribution in [0.15, 0.2) is 30.9 Å². The van der Waals surface area contributed by atoms with E-state index in [1.165, 1.54) is 6.08 Å². The van der Waals surface area contributed by atoms with Gasteiger partial charge in [-0.2, -0.15) is 0 Å². The Morgan fingerprint density at radius 2 is 2.29 bits per heavy atom. The van der Waals surface area contributed by atoms with Gasteiger partial charge < -0.3 is 10.2 Å². The second-order valence-electron chi connectivity index (χ2n) is 4.04. The third kappa shape index (κ3) is 2.20. The first-order chi connectivity index (χ1) is 8.11. The summed E-state index contributed by atoms with van der Waals surface area (Å²) in [6.45, 7) is 4.12. The number of carbonyl (C=O) groups is 2. The van der Waals surface area contributed by atoms with Gasteiger partial charge in [-0.15, -0.1) is 0 Å². The van der Waals surface area contributed by atoms with Crippen molar-refractivity contribution in [2.45, 2.75) is 6.42 Å². The molecule has 1 aliphatic heterocycles. The van der Waals surface area contributed by atoms with Crippen molar-refractivity contribution >= 4 is 17.5 Å². The van der Waals surface area contributed by atoms with Crippen molar-refractivity contribution in [2.24, 2.45) is 0 Å². The summed E-state index contributed by atoms with van der Waals surface area (Å²) in [4.78, 5) is 24.8. The molecule has 17 heavy (non-hydrogen) atoms. The lowest BCUT2D eigenvalue weighted by Crippen LogP contribution is -2.34. The van der Waals surface area contributed by atoms with Crippen LogP contribution in [-0.4, -0.2) is 30.3 Å². The van der Waals surface area contributed by atoms with E-state index in [-0.39, 0.29) is 11.8 Å². The van der Waals surface area contributed by atoms with Gasteiger partial charge in [-0.1, -0.05) is 12.6 Å². The van der Waals surface area contributed by atoms with Crippen molar-refractivity contribution < 1.29 is 9.59 Å². The van der Waals surface area contributed by atoms with Crippen LogP contribution in [0.5, 0.6) is 0 Å². The maximum absolute atomic E-state index is 11.9. The second-order valence-corrected chi connectivity index (χ2v) is 4.04. The summed E-state index contributed by atoms with van der Waals surface area (Å²) >= 11 is 0. The van der Waals surface area contributed by atoms with Gasteiger partial charge in [0, 0.05) is 24.8 Å². The molecule has 1 heterocycles. The van der Waals surface area contributed by atoms with Gasteiger partial charge in [0.25, 0.3) is 5.91 Å². The van der Waals surface area contributed by atoms with Crippen molar-refractivity contribution in [1.82, 2.24) is 4.90 Å². The third-order valence-corrected chi connectivity index (χ3v) is 2.86. The first-order valence-corrected chi connectivity index (χ1v) is 5.43. The Labute approximate surface area is 99.9 Å². The molecule has 1 aromatic carbocycles. The van der Waals surface area contributed by atoms with Crippen LogP contribution in [0.3, 0.4) is 0 Å². The van der Waals surface area contributed by atoms with Crippen LogP contribution in [0.2, 0.25) is 0 Å². The van der Waals surface area contributed by atoms with Gasteiger partial charge in [-0.25, -0.2) is 0 Å². The predicted molar refractivity (Wildman–Crippen MR) is 65.9 cm³/mol. The highest BCUT2D eigenvalue weighted by atomic mass is 16.2. The Morgan fingerprint density at radius 3 is 3.00 bits per heavy atom. The summed E-state index contributed by atoms with van der Waals surface area (Å²) in [5.74, 6) is -0.275. The van der Waals surface area contributed by atoms with Crippen molar-refractivity contribution in [3.05, 3.63) is 42.0 Å².